The normalized spacial score (nSPS) is 30.1. The number of nitrogens with one attached hydrogen (secondary N) is 1. The van der Waals surface area contributed by atoms with Crippen molar-refractivity contribution < 1.29 is 14.2 Å². The van der Waals surface area contributed by atoms with Crippen LogP contribution in [0.1, 0.15) is 44.9 Å². The molecule has 2 aromatic heterocycles. The molecule has 216 valence electrons. The van der Waals surface area contributed by atoms with Crippen LogP contribution >= 0.6 is 0 Å². The van der Waals surface area contributed by atoms with Gasteiger partial charge in [-0.2, -0.15) is 9.97 Å². The van der Waals surface area contributed by atoms with Gasteiger partial charge in [-0.25, -0.2) is 4.39 Å². The molecule has 42 heavy (non-hydrogen) atoms. The van der Waals surface area contributed by atoms with Gasteiger partial charge in [-0.15, -0.1) is 0 Å². The van der Waals surface area contributed by atoms with Gasteiger partial charge in [0.25, 0.3) is 0 Å². The summed E-state index contributed by atoms with van der Waals surface area (Å²) in [7, 11) is 0. The summed E-state index contributed by atoms with van der Waals surface area (Å²) >= 11 is 0. The van der Waals surface area contributed by atoms with E-state index in [1.165, 1.54) is 25.7 Å². The molecule has 2 N–H and O–H groups in total. The number of benzene rings is 2. The molecule has 2 aromatic carbocycles. The zero-order valence-corrected chi connectivity index (χ0v) is 23.6. The van der Waals surface area contributed by atoms with E-state index in [4.69, 9.17) is 14.7 Å². The van der Waals surface area contributed by atoms with Gasteiger partial charge in [0.1, 0.15) is 29.4 Å². The summed E-state index contributed by atoms with van der Waals surface area (Å²) in [6.45, 7) is 3.30. The van der Waals surface area contributed by atoms with E-state index >= 15 is 4.39 Å². The first kappa shape index (κ1) is 25.0. The molecular formula is C33H35FN6O2. The van der Waals surface area contributed by atoms with Crippen LogP contribution in [0.2, 0.25) is 0 Å². The van der Waals surface area contributed by atoms with Gasteiger partial charge in [-0.1, -0.05) is 24.3 Å². The lowest BCUT2D eigenvalue weighted by Gasteiger charge is -2.41. The molecule has 0 spiro atoms. The Labute approximate surface area is 243 Å². The Bertz CT molecular complexity index is 1720. The standard InChI is InChI=1S/C33H35FN6O2/c34-28-29(26-14-24(41)12-19-4-1-2-5-25(19)26)35-15-27-30(28)37-32(38-31(27)39-16-21-7-8-22(17-39)36-21)42-18-33-10-3-11-40(33)23-9-6-20(33)13-23/h1-2,4-5,12,14-15,20-23,36,41H,3,6-11,13,16-18H2. The Morgan fingerprint density at radius 1 is 1.05 bits per heavy atom. The number of piperazine rings is 1. The highest BCUT2D eigenvalue weighted by Gasteiger charge is 2.58. The summed E-state index contributed by atoms with van der Waals surface area (Å²) in [6, 6.07) is 12.6. The highest BCUT2D eigenvalue weighted by atomic mass is 19.1. The van der Waals surface area contributed by atoms with Crippen LogP contribution in [0, 0.1) is 11.7 Å². The first-order chi connectivity index (χ1) is 20.6. The third-order valence-corrected chi connectivity index (χ3v) is 10.9. The van der Waals surface area contributed by atoms with Crippen molar-refractivity contribution in [2.45, 2.75) is 68.6 Å². The minimum absolute atomic E-state index is 0.0536. The Balaban J connectivity index is 1.16. The second kappa shape index (κ2) is 9.22. The van der Waals surface area contributed by atoms with Gasteiger partial charge in [0.2, 0.25) is 0 Å². The SMILES string of the molecule is Oc1cc(-c2ncc3c(N4CC5CCC(C4)N5)nc(OCC45CCCN4C4CCC5C4)nc3c2F)c2ccccc2c1. The van der Waals surface area contributed by atoms with Crippen LogP contribution in [0.5, 0.6) is 11.8 Å². The zero-order chi connectivity index (χ0) is 28.0. The number of pyridine rings is 1. The molecule has 9 rings (SSSR count). The van der Waals surface area contributed by atoms with E-state index < -0.39 is 5.82 Å². The third-order valence-electron chi connectivity index (χ3n) is 10.9. The minimum atomic E-state index is -0.518. The molecule has 9 heteroatoms. The smallest absolute Gasteiger partial charge is 0.319 e. The largest absolute Gasteiger partial charge is 0.508 e. The van der Waals surface area contributed by atoms with Gasteiger partial charge in [0, 0.05) is 43.0 Å². The maximum absolute atomic E-state index is 16.7. The van der Waals surface area contributed by atoms with Crippen molar-refractivity contribution in [3.63, 3.8) is 0 Å². The number of halogens is 1. The molecule has 1 aliphatic carbocycles. The molecular weight excluding hydrogens is 531 g/mol. The summed E-state index contributed by atoms with van der Waals surface area (Å²) in [5.74, 6) is 0.900. The van der Waals surface area contributed by atoms with Crippen LogP contribution in [-0.2, 0) is 0 Å². The van der Waals surface area contributed by atoms with Gasteiger partial charge in [-0.05, 0) is 80.3 Å². The average Bonchev–Trinajstić information content (AvgIpc) is 3.78. The average molecular weight is 567 g/mol. The third kappa shape index (κ3) is 3.69. The Kier molecular flexibility index (Phi) is 5.48. The van der Waals surface area contributed by atoms with E-state index in [0.29, 0.717) is 47.4 Å². The quantitative estimate of drug-likeness (QED) is 0.348. The van der Waals surface area contributed by atoms with E-state index in [1.807, 2.05) is 24.3 Å². The maximum atomic E-state index is 16.7. The van der Waals surface area contributed by atoms with Crippen LogP contribution in [0.3, 0.4) is 0 Å². The van der Waals surface area contributed by atoms with Crippen molar-refractivity contribution in [1.29, 1.82) is 0 Å². The van der Waals surface area contributed by atoms with E-state index in [2.05, 4.69) is 20.1 Å². The Morgan fingerprint density at radius 2 is 1.90 bits per heavy atom. The number of rotatable bonds is 5. The van der Waals surface area contributed by atoms with E-state index in [1.54, 1.807) is 18.3 Å². The number of phenolic OH excluding ortho intramolecular Hbond substituents is 1. The molecule has 6 heterocycles. The molecule has 4 bridgehead atoms. The van der Waals surface area contributed by atoms with Gasteiger partial charge in [0.15, 0.2) is 5.82 Å². The predicted molar refractivity (Wildman–Crippen MR) is 159 cm³/mol. The number of hydrogen-bond donors (Lipinski definition) is 2. The summed E-state index contributed by atoms with van der Waals surface area (Å²) in [4.78, 5) is 19.3. The van der Waals surface area contributed by atoms with Crippen LogP contribution in [0.4, 0.5) is 10.2 Å². The number of nitrogens with zero attached hydrogens (tertiary/aromatic N) is 5. The Morgan fingerprint density at radius 3 is 2.79 bits per heavy atom. The fourth-order valence-corrected chi connectivity index (χ4v) is 9.07. The predicted octanol–water partition coefficient (Wildman–Crippen LogP) is 5.03. The lowest BCUT2D eigenvalue weighted by Crippen LogP contribution is -2.52. The number of phenols is 1. The molecule has 0 amide bonds. The fourth-order valence-electron chi connectivity index (χ4n) is 9.07. The highest BCUT2D eigenvalue weighted by molar-refractivity contribution is 5.99. The van der Waals surface area contributed by atoms with Crippen molar-refractivity contribution in [1.82, 2.24) is 25.2 Å². The highest BCUT2D eigenvalue weighted by Crippen LogP contribution is 2.54. The number of hydrogen-bond acceptors (Lipinski definition) is 8. The van der Waals surface area contributed by atoms with Crippen LogP contribution in [0.25, 0.3) is 32.9 Å². The first-order valence-electron chi connectivity index (χ1n) is 15.5. The Hall–Kier alpha value is -3.56. The number of fused-ring (bicyclic) bond motifs is 9. The molecule has 5 aliphatic rings. The monoisotopic (exact) mass is 566 g/mol. The summed E-state index contributed by atoms with van der Waals surface area (Å²) in [6.07, 6.45) is 10.1. The molecule has 4 saturated heterocycles. The van der Waals surface area contributed by atoms with Crippen molar-refractivity contribution in [3.8, 4) is 23.0 Å². The van der Waals surface area contributed by atoms with E-state index in [-0.39, 0.29) is 28.5 Å². The lowest BCUT2D eigenvalue weighted by molar-refractivity contribution is 0.0321. The minimum Gasteiger partial charge on any atom is -0.508 e. The maximum Gasteiger partial charge on any atom is 0.319 e. The fraction of sp³-hybridized carbons (Fsp3) is 0.485. The number of piperidine rings is 1. The van der Waals surface area contributed by atoms with E-state index in [0.717, 1.165) is 49.7 Å². The van der Waals surface area contributed by atoms with Crippen molar-refractivity contribution in [2.75, 3.05) is 31.1 Å². The zero-order valence-electron chi connectivity index (χ0n) is 23.6. The number of ether oxygens (including phenoxy) is 1. The van der Waals surface area contributed by atoms with Crippen LogP contribution in [0.15, 0.2) is 42.6 Å². The molecule has 0 radical (unpaired) electrons. The molecule has 8 nitrogen and oxygen atoms in total. The van der Waals surface area contributed by atoms with Crippen molar-refractivity contribution in [2.24, 2.45) is 5.92 Å². The molecule has 5 atom stereocenters. The topological polar surface area (TPSA) is 86.6 Å². The lowest BCUT2D eigenvalue weighted by atomic mass is 9.82. The van der Waals surface area contributed by atoms with Gasteiger partial charge >= 0.3 is 6.01 Å². The van der Waals surface area contributed by atoms with Crippen LogP contribution in [-0.4, -0.2) is 74.9 Å². The summed E-state index contributed by atoms with van der Waals surface area (Å²) < 4.78 is 23.2. The van der Waals surface area contributed by atoms with Gasteiger partial charge in [0.05, 0.1) is 10.9 Å². The van der Waals surface area contributed by atoms with Crippen molar-refractivity contribution >= 4 is 27.5 Å². The molecule has 1 saturated carbocycles. The molecule has 4 aliphatic heterocycles. The van der Waals surface area contributed by atoms with Gasteiger partial charge < -0.3 is 20.1 Å². The second-order valence-corrected chi connectivity index (χ2v) is 13.1. The molecule has 5 fully saturated rings. The number of aromatic hydroxyl groups is 1. The van der Waals surface area contributed by atoms with Crippen molar-refractivity contribution in [3.05, 3.63) is 48.4 Å². The molecule has 4 aromatic rings. The summed E-state index contributed by atoms with van der Waals surface area (Å²) in [5, 5.41) is 16.4. The van der Waals surface area contributed by atoms with Gasteiger partial charge in [-0.3, -0.25) is 9.88 Å². The summed E-state index contributed by atoms with van der Waals surface area (Å²) in [5.41, 5.74) is 0.972. The molecule has 5 unspecified atom stereocenters. The first-order valence-corrected chi connectivity index (χ1v) is 15.5. The number of anilines is 1. The number of aromatic nitrogens is 3. The van der Waals surface area contributed by atoms with Crippen LogP contribution < -0.4 is 15.0 Å². The van der Waals surface area contributed by atoms with E-state index in [9.17, 15) is 5.11 Å². The second-order valence-electron chi connectivity index (χ2n) is 13.1.